The smallest absolute Gasteiger partial charge is 0.0954 e. The first kappa shape index (κ1) is 5.22. The minimum absolute atomic E-state index is 0.815. The van der Waals surface area contributed by atoms with Crippen molar-refractivity contribution in [3.8, 4) is 11.3 Å². The van der Waals surface area contributed by atoms with Gasteiger partial charge < -0.3 is 0 Å². The number of H-pyrrole nitrogens is 1. The summed E-state index contributed by atoms with van der Waals surface area (Å²) in [5, 5.41) is 5.42. The van der Waals surface area contributed by atoms with Crippen molar-refractivity contribution in [1.29, 1.82) is 0 Å². The van der Waals surface area contributed by atoms with Gasteiger partial charge in [0.15, 0.2) is 0 Å². The highest BCUT2D eigenvalue weighted by Gasteiger charge is 2.06. The summed E-state index contributed by atoms with van der Waals surface area (Å²) in [6, 6.07) is 5.61. The summed E-state index contributed by atoms with van der Waals surface area (Å²) in [6.07, 6.45) is 1.73. The molecule has 10 heavy (non-hydrogen) atoms. The number of hydrogen-bond acceptors (Lipinski definition) is 2. The molecule has 4 heteroatoms. The summed E-state index contributed by atoms with van der Waals surface area (Å²) in [4.78, 5) is 11.3. The van der Waals surface area contributed by atoms with Crippen LogP contribution in [0.4, 0.5) is 0 Å². The van der Waals surface area contributed by atoms with E-state index in [9.17, 15) is 4.91 Å². The second-order valence-corrected chi connectivity index (χ2v) is 2.03. The van der Waals surface area contributed by atoms with Crippen LogP contribution < -0.4 is 0 Å². The van der Waals surface area contributed by atoms with Crippen LogP contribution in [0.1, 0.15) is 0 Å². The van der Waals surface area contributed by atoms with Crippen LogP contribution in [-0.4, -0.2) is 9.89 Å². The minimum Gasteiger partial charge on any atom is -0.282 e. The molecule has 2 aliphatic rings. The van der Waals surface area contributed by atoms with Crippen LogP contribution in [0.5, 0.6) is 0 Å². The first-order chi connectivity index (χ1) is 4.92. The fourth-order valence-corrected chi connectivity index (χ4v) is 1.01. The minimum atomic E-state index is 0.815. The fourth-order valence-electron chi connectivity index (χ4n) is 1.01. The highest BCUT2D eigenvalue weighted by molar-refractivity contribution is 5.61. The number of hydrogen-bond donors (Lipinski definition) is 1. The zero-order chi connectivity index (χ0) is 6.97. The lowest BCUT2D eigenvalue weighted by molar-refractivity contribution is 0.744. The topological polar surface area (TPSA) is 50.1 Å². The first-order valence-corrected chi connectivity index (χ1v) is 2.90. The molecular weight excluding hydrogens is 130 g/mol. The van der Waals surface area contributed by atoms with E-state index in [1.807, 2.05) is 18.2 Å². The van der Waals surface area contributed by atoms with Crippen molar-refractivity contribution in [1.82, 2.24) is 9.89 Å². The van der Waals surface area contributed by atoms with Gasteiger partial charge in [-0.1, -0.05) is 12.1 Å². The van der Waals surface area contributed by atoms with E-state index in [-0.39, 0.29) is 0 Å². The van der Waals surface area contributed by atoms with Crippen LogP contribution in [0, 0.1) is 4.91 Å². The molecule has 0 saturated carbocycles. The van der Waals surface area contributed by atoms with Gasteiger partial charge in [0.05, 0.1) is 11.0 Å². The van der Waals surface area contributed by atoms with Crippen molar-refractivity contribution in [2.24, 2.45) is 5.29 Å². The second kappa shape index (κ2) is 1.70. The lowest BCUT2D eigenvalue weighted by Crippen LogP contribution is -1.87. The molecular formula is C6H5N3O. The van der Waals surface area contributed by atoms with Crippen molar-refractivity contribution >= 4 is 0 Å². The monoisotopic (exact) mass is 135 g/mol. The van der Waals surface area contributed by atoms with E-state index in [2.05, 4.69) is 10.4 Å². The molecule has 0 saturated heterocycles. The van der Waals surface area contributed by atoms with Gasteiger partial charge in [0, 0.05) is 11.8 Å². The van der Waals surface area contributed by atoms with Crippen molar-refractivity contribution in [2.75, 3.05) is 0 Å². The first-order valence-electron chi connectivity index (χ1n) is 2.90. The molecule has 0 atom stereocenters. The molecule has 0 bridgehead atoms. The molecule has 4 nitrogen and oxygen atoms in total. The number of nitrogens with one attached hydrogen (secondary N) is 1. The fraction of sp³-hybridized carbons (Fsp3) is 0. The molecule has 1 heterocycles. The largest absolute Gasteiger partial charge is 0.282 e. The van der Waals surface area contributed by atoms with Gasteiger partial charge in [-0.25, -0.2) is 0 Å². The van der Waals surface area contributed by atoms with Crippen LogP contribution in [0.2, 0.25) is 0 Å². The van der Waals surface area contributed by atoms with Crippen LogP contribution in [0.3, 0.4) is 0 Å². The molecule has 1 N–H and O–H groups in total. The quantitative estimate of drug-likeness (QED) is 0.591. The summed E-state index contributed by atoms with van der Waals surface area (Å²) < 4.78 is 0. The number of nitrogens with zero attached hydrogens (tertiary/aromatic N) is 2. The Morgan fingerprint density at radius 3 is 3.20 bits per heavy atom. The van der Waals surface area contributed by atoms with E-state index in [1.165, 1.54) is 4.79 Å². The van der Waals surface area contributed by atoms with Crippen molar-refractivity contribution in [2.45, 2.75) is 0 Å². The third-order valence-corrected chi connectivity index (χ3v) is 1.48. The predicted octanol–water partition coefficient (Wildman–Crippen LogP) is 1.45. The van der Waals surface area contributed by atoms with E-state index in [0.29, 0.717) is 0 Å². The zero-order valence-electron chi connectivity index (χ0n) is 5.11. The van der Waals surface area contributed by atoms with Crippen LogP contribution in [-0.2, 0) is 0 Å². The SMILES string of the molecule is O=Nn1[nH]cc2cccc1-2. The third kappa shape index (κ3) is 0.500. The summed E-state index contributed by atoms with van der Waals surface area (Å²) in [5.41, 5.74) is 1.81. The Bertz CT molecular complexity index is 322. The van der Waals surface area contributed by atoms with Gasteiger partial charge in [-0.15, -0.1) is 9.70 Å². The Labute approximate surface area is 56.7 Å². The van der Waals surface area contributed by atoms with Crippen molar-refractivity contribution < 1.29 is 0 Å². The molecule has 0 amide bonds. The Morgan fingerprint density at radius 1 is 1.50 bits per heavy atom. The van der Waals surface area contributed by atoms with Gasteiger partial charge in [0.1, 0.15) is 0 Å². The van der Waals surface area contributed by atoms with Gasteiger partial charge in [-0.3, -0.25) is 5.10 Å². The molecule has 50 valence electrons. The lowest BCUT2D eigenvalue weighted by Gasteiger charge is -1.87. The van der Waals surface area contributed by atoms with E-state index < -0.39 is 0 Å². The Hall–Kier alpha value is -1.58. The average molecular weight is 135 g/mol. The predicted molar refractivity (Wildman–Crippen MR) is 36.6 cm³/mol. The highest BCUT2D eigenvalue weighted by Crippen LogP contribution is 2.21. The number of aromatic nitrogens is 2. The Kier molecular flexibility index (Phi) is 0.887. The molecule has 1 aliphatic carbocycles. The van der Waals surface area contributed by atoms with Gasteiger partial charge >= 0.3 is 0 Å². The van der Waals surface area contributed by atoms with E-state index >= 15 is 0 Å². The highest BCUT2D eigenvalue weighted by atomic mass is 16.3. The number of aromatic amines is 1. The molecule has 0 aromatic heterocycles. The maximum Gasteiger partial charge on any atom is 0.0954 e. The summed E-state index contributed by atoms with van der Waals surface area (Å²) in [7, 11) is 0. The van der Waals surface area contributed by atoms with Gasteiger partial charge in [0.2, 0.25) is 0 Å². The standard InChI is InChI=1S/C6H5N3O/c10-8-9-6-3-1-2-5(6)4-7-9/h1-4,7H. The molecule has 1 aliphatic heterocycles. The van der Waals surface area contributed by atoms with E-state index in [0.717, 1.165) is 11.3 Å². The van der Waals surface area contributed by atoms with Gasteiger partial charge in [-0.2, -0.15) is 0 Å². The molecule has 0 fully saturated rings. The summed E-state index contributed by atoms with van der Waals surface area (Å²) >= 11 is 0. The molecule has 0 radical (unpaired) electrons. The summed E-state index contributed by atoms with van der Waals surface area (Å²) in [5.74, 6) is 0. The van der Waals surface area contributed by atoms with Crippen LogP contribution in [0.25, 0.3) is 11.3 Å². The normalized spacial score (nSPS) is 10.4. The van der Waals surface area contributed by atoms with Crippen LogP contribution >= 0.6 is 0 Å². The summed E-state index contributed by atoms with van der Waals surface area (Å²) in [6.45, 7) is 0. The number of rotatable bonds is 1. The number of nitroso groups, excluding NO2 is 1. The Morgan fingerprint density at radius 2 is 2.40 bits per heavy atom. The molecule has 0 aromatic rings. The van der Waals surface area contributed by atoms with E-state index in [1.54, 1.807) is 6.20 Å². The van der Waals surface area contributed by atoms with Gasteiger partial charge in [0.25, 0.3) is 0 Å². The Balaban J connectivity index is 2.71. The second-order valence-electron chi connectivity index (χ2n) is 2.03. The molecule has 0 aromatic carbocycles. The third-order valence-electron chi connectivity index (χ3n) is 1.48. The van der Waals surface area contributed by atoms with Crippen molar-refractivity contribution in [3.63, 3.8) is 0 Å². The van der Waals surface area contributed by atoms with Crippen LogP contribution in [0.15, 0.2) is 29.7 Å². The van der Waals surface area contributed by atoms with Gasteiger partial charge in [-0.05, 0) is 6.07 Å². The molecule has 0 unspecified atom stereocenters. The maximum absolute atomic E-state index is 10.1. The van der Waals surface area contributed by atoms with E-state index in [4.69, 9.17) is 0 Å². The maximum atomic E-state index is 10.1. The zero-order valence-corrected chi connectivity index (χ0v) is 5.11. The van der Waals surface area contributed by atoms with Crippen molar-refractivity contribution in [3.05, 3.63) is 29.3 Å². The average Bonchev–Trinajstić information content (AvgIpc) is 2.44. The number of fused-ring (bicyclic) bond motifs is 1. The molecule has 0 spiro atoms. The lowest BCUT2D eigenvalue weighted by atomic mass is 10.3. The molecule has 2 rings (SSSR count).